The minimum absolute atomic E-state index is 0. The van der Waals surface area contributed by atoms with Crippen molar-refractivity contribution in [3.8, 4) is 0 Å². The van der Waals surface area contributed by atoms with Gasteiger partial charge in [-0.1, -0.05) is 23.2 Å². The van der Waals surface area contributed by atoms with Gasteiger partial charge in [0.05, 0.1) is 34.2 Å². The van der Waals surface area contributed by atoms with E-state index in [1.165, 1.54) is 0 Å². The number of aliphatic carboxylic acids is 1. The van der Waals surface area contributed by atoms with Gasteiger partial charge < -0.3 is 9.90 Å². The Labute approximate surface area is 157 Å². The number of rotatable bonds is 3. The molecule has 114 valence electrons. The Bertz CT molecular complexity index is 741. The van der Waals surface area contributed by atoms with Gasteiger partial charge in [-0.25, -0.2) is 10.4 Å². The third-order valence-corrected chi connectivity index (χ3v) is 4.34. The number of amides is 1. The van der Waals surface area contributed by atoms with Crippen molar-refractivity contribution < 1.29 is 57.2 Å². The Morgan fingerprint density at radius 3 is 2.41 bits per heavy atom. The van der Waals surface area contributed by atoms with E-state index in [1.54, 1.807) is 0 Å². The number of hydrogen-bond donors (Lipinski definition) is 2. The van der Waals surface area contributed by atoms with Crippen LogP contribution in [0, 0.1) is 0 Å². The number of nitrogens with zero attached hydrogens (tertiary/aromatic N) is 1. The second kappa shape index (κ2) is 7.02. The molecule has 1 aliphatic heterocycles. The van der Waals surface area contributed by atoms with Gasteiger partial charge in [0.2, 0.25) is 5.91 Å². The first-order valence-electron chi connectivity index (χ1n) is 5.38. The van der Waals surface area contributed by atoms with E-state index in [0.29, 0.717) is 0 Å². The fourth-order valence-corrected chi connectivity index (χ4v) is 3.10. The van der Waals surface area contributed by atoms with E-state index in [2.05, 4.69) is 5.43 Å². The summed E-state index contributed by atoms with van der Waals surface area (Å²) in [6.07, 6.45) is -0.351. The SMILES string of the molecule is O=C([O-])C1CC(=O)N(c2cc(Cl)c(S(=O)(=O)O)cc2Cl)N1.[Na+]. The molecule has 0 aliphatic carbocycles. The Morgan fingerprint density at radius 2 is 1.95 bits per heavy atom. The molecule has 1 aliphatic rings. The number of carboxylic acid groups (broad SMARTS) is 1. The summed E-state index contributed by atoms with van der Waals surface area (Å²) in [6, 6.07) is 0.652. The second-order valence-electron chi connectivity index (χ2n) is 4.14. The Morgan fingerprint density at radius 1 is 1.36 bits per heavy atom. The number of benzene rings is 1. The fourth-order valence-electron chi connectivity index (χ4n) is 1.77. The van der Waals surface area contributed by atoms with Crippen LogP contribution in [0.5, 0.6) is 0 Å². The topological polar surface area (TPSA) is 127 Å². The predicted molar refractivity (Wildman–Crippen MR) is 70.3 cm³/mol. The van der Waals surface area contributed by atoms with Crippen LogP contribution in [-0.2, 0) is 19.7 Å². The molecule has 1 aromatic rings. The standard InChI is InChI=1S/C10H8Cl2N2O6S.Na/c11-4-2-8(21(18,19)20)5(12)1-7(4)14-9(15)3-6(13-14)10(16)17;/h1-2,6,13H,3H2,(H,16,17)(H,18,19,20);/q;+1/p-1. The number of hydrazine groups is 1. The first kappa shape index (κ1) is 19.7. The number of carbonyl (C=O) groups is 2. The van der Waals surface area contributed by atoms with Crippen LogP contribution in [0.3, 0.4) is 0 Å². The molecule has 0 bridgehead atoms. The van der Waals surface area contributed by atoms with Crippen molar-refractivity contribution in [1.82, 2.24) is 5.43 Å². The molecule has 1 heterocycles. The predicted octanol–water partition coefficient (Wildman–Crippen LogP) is -3.40. The van der Waals surface area contributed by atoms with Gasteiger partial charge in [0.25, 0.3) is 10.1 Å². The van der Waals surface area contributed by atoms with Crippen molar-refractivity contribution in [1.29, 1.82) is 0 Å². The summed E-state index contributed by atoms with van der Waals surface area (Å²) in [5.74, 6) is -2.08. The van der Waals surface area contributed by atoms with Crippen molar-refractivity contribution in [2.24, 2.45) is 0 Å². The average Bonchev–Trinajstić information content (AvgIpc) is 2.72. The van der Waals surface area contributed by atoms with Crippen LogP contribution in [0.2, 0.25) is 10.0 Å². The van der Waals surface area contributed by atoms with Crippen molar-refractivity contribution in [2.45, 2.75) is 17.4 Å². The van der Waals surface area contributed by atoms with E-state index in [-0.39, 0.29) is 51.7 Å². The zero-order valence-electron chi connectivity index (χ0n) is 11.0. The molecule has 8 nitrogen and oxygen atoms in total. The van der Waals surface area contributed by atoms with Gasteiger partial charge >= 0.3 is 29.6 Å². The molecular formula is C10H7Cl2N2NaO6S. The Hall–Kier alpha value is -0.390. The summed E-state index contributed by atoms with van der Waals surface area (Å²) < 4.78 is 31.1. The number of nitrogens with one attached hydrogen (secondary N) is 1. The normalized spacial score (nSPS) is 18.2. The van der Waals surface area contributed by atoms with Crippen molar-refractivity contribution >= 4 is 50.9 Å². The molecule has 0 spiro atoms. The van der Waals surface area contributed by atoms with Crippen molar-refractivity contribution in [3.05, 3.63) is 22.2 Å². The molecule has 0 radical (unpaired) electrons. The minimum Gasteiger partial charge on any atom is -0.548 e. The van der Waals surface area contributed by atoms with Gasteiger partial charge in [-0.05, 0) is 12.1 Å². The molecule has 1 saturated heterocycles. The minimum atomic E-state index is -4.58. The van der Waals surface area contributed by atoms with Crippen LogP contribution < -0.4 is 45.1 Å². The summed E-state index contributed by atoms with van der Waals surface area (Å²) in [5.41, 5.74) is 2.31. The molecule has 1 fully saturated rings. The number of hydrogen-bond acceptors (Lipinski definition) is 6. The van der Waals surface area contributed by atoms with Gasteiger partial charge in [0.15, 0.2) is 0 Å². The molecule has 1 unspecified atom stereocenters. The quantitative estimate of drug-likeness (QED) is 0.415. The Balaban J connectivity index is 0.00000242. The number of carboxylic acids is 1. The average molecular weight is 377 g/mol. The van der Waals surface area contributed by atoms with Gasteiger partial charge in [-0.3, -0.25) is 9.35 Å². The fraction of sp³-hybridized carbons (Fsp3) is 0.200. The molecule has 12 heteroatoms. The zero-order chi connectivity index (χ0) is 15.9. The summed E-state index contributed by atoms with van der Waals surface area (Å²) in [5, 5.41) is 11.0. The number of anilines is 1. The van der Waals surface area contributed by atoms with E-state index in [1.807, 2.05) is 0 Å². The first-order chi connectivity index (χ1) is 9.61. The molecule has 0 aromatic heterocycles. The molecule has 1 amide bonds. The van der Waals surface area contributed by atoms with Crippen molar-refractivity contribution in [2.75, 3.05) is 5.01 Å². The summed E-state index contributed by atoms with van der Waals surface area (Å²) in [4.78, 5) is 21.9. The zero-order valence-corrected chi connectivity index (χ0v) is 15.4. The van der Waals surface area contributed by atoms with Gasteiger partial charge in [0.1, 0.15) is 4.90 Å². The van der Waals surface area contributed by atoms with Crippen LogP contribution in [0.1, 0.15) is 6.42 Å². The summed E-state index contributed by atoms with van der Waals surface area (Å²) >= 11 is 11.6. The molecule has 1 atom stereocenters. The van der Waals surface area contributed by atoms with Crippen LogP contribution in [0.4, 0.5) is 5.69 Å². The first-order valence-corrected chi connectivity index (χ1v) is 7.57. The maximum Gasteiger partial charge on any atom is 1.00 e. The molecule has 2 rings (SSSR count). The van der Waals surface area contributed by atoms with Crippen molar-refractivity contribution in [3.63, 3.8) is 0 Å². The van der Waals surface area contributed by atoms with Crippen LogP contribution in [0.25, 0.3) is 0 Å². The van der Waals surface area contributed by atoms with Crippen LogP contribution >= 0.6 is 23.2 Å². The van der Waals surface area contributed by atoms with E-state index < -0.39 is 32.9 Å². The molecule has 0 saturated carbocycles. The van der Waals surface area contributed by atoms with Gasteiger partial charge in [-0.15, -0.1) is 0 Å². The largest absolute Gasteiger partial charge is 1.00 e. The van der Waals surface area contributed by atoms with E-state index in [4.69, 9.17) is 27.8 Å². The summed E-state index contributed by atoms with van der Waals surface area (Å²) in [6.45, 7) is 0. The summed E-state index contributed by atoms with van der Waals surface area (Å²) in [7, 11) is -4.58. The molecule has 1 aromatic carbocycles. The van der Waals surface area contributed by atoms with Crippen LogP contribution in [0.15, 0.2) is 17.0 Å². The van der Waals surface area contributed by atoms with Crippen LogP contribution in [-0.4, -0.2) is 30.9 Å². The van der Waals surface area contributed by atoms with E-state index >= 15 is 0 Å². The maximum absolute atomic E-state index is 11.7. The smallest absolute Gasteiger partial charge is 0.548 e. The van der Waals surface area contributed by atoms with Gasteiger partial charge in [0, 0.05) is 0 Å². The third-order valence-electron chi connectivity index (χ3n) is 2.72. The maximum atomic E-state index is 11.7. The molecule has 22 heavy (non-hydrogen) atoms. The Kier molecular flexibility index (Phi) is 6.27. The second-order valence-corrected chi connectivity index (χ2v) is 6.35. The van der Waals surface area contributed by atoms with E-state index in [9.17, 15) is 23.1 Å². The molecular weight excluding hydrogens is 370 g/mol. The third kappa shape index (κ3) is 3.92. The molecule has 2 N–H and O–H groups in total. The number of halogens is 2. The van der Waals surface area contributed by atoms with E-state index in [0.717, 1.165) is 17.1 Å². The monoisotopic (exact) mass is 376 g/mol. The number of carbonyl (C=O) groups excluding carboxylic acids is 2. The van der Waals surface area contributed by atoms with Gasteiger partial charge in [-0.2, -0.15) is 8.42 Å².